The molecular weight excluding hydrogens is 146 g/mol. The van der Waals surface area contributed by atoms with Gasteiger partial charge in [0.2, 0.25) is 5.92 Å². The predicted molar refractivity (Wildman–Crippen MR) is 35.0 cm³/mol. The summed E-state index contributed by atoms with van der Waals surface area (Å²) in [6.45, 7) is 0. The maximum Gasteiger partial charge on any atom is 0.248 e. The Bertz CT molecular complexity index is 75.1. The second-order valence-corrected chi connectivity index (χ2v) is 2.22. The Morgan fingerprint density at radius 1 is 1.11 bits per heavy atom. The van der Waals surface area contributed by atoms with Crippen molar-refractivity contribution < 1.29 is 8.78 Å². The largest absolute Gasteiger partial charge is 0.248 e. The van der Waals surface area contributed by atoms with Crippen molar-refractivity contribution >= 4 is 12.4 Å². The van der Waals surface area contributed by atoms with Crippen molar-refractivity contribution in [3.05, 3.63) is 6.42 Å². The van der Waals surface area contributed by atoms with Gasteiger partial charge in [-0.2, -0.15) is 0 Å². The third kappa shape index (κ3) is 2.99. The molecule has 0 bridgehead atoms. The van der Waals surface area contributed by atoms with Crippen molar-refractivity contribution in [1.29, 1.82) is 0 Å². The van der Waals surface area contributed by atoms with Gasteiger partial charge in [0.05, 0.1) is 0 Å². The normalized spacial score (nSPS) is 24.7. The molecule has 0 heterocycles. The first kappa shape index (κ1) is 9.15. The Morgan fingerprint density at radius 2 is 1.56 bits per heavy atom. The number of hydrogen-bond acceptors (Lipinski definition) is 0. The summed E-state index contributed by atoms with van der Waals surface area (Å²) in [5.41, 5.74) is 0. The molecule has 1 fully saturated rings. The highest BCUT2D eigenvalue weighted by Gasteiger charge is 2.30. The number of hydrogen-bond donors (Lipinski definition) is 0. The van der Waals surface area contributed by atoms with Crippen LogP contribution in [-0.2, 0) is 0 Å². The first-order valence-electron chi connectivity index (χ1n) is 2.90. The smallest absolute Gasteiger partial charge is 0.207 e. The van der Waals surface area contributed by atoms with Crippen LogP contribution in [0.25, 0.3) is 0 Å². The van der Waals surface area contributed by atoms with Crippen LogP contribution in [0, 0.1) is 6.42 Å². The van der Waals surface area contributed by atoms with Crippen LogP contribution in [0.1, 0.15) is 25.7 Å². The maximum absolute atomic E-state index is 12.2. The lowest BCUT2D eigenvalue weighted by molar-refractivity contribution is -0.0254. The van der Waals surface area contributed by atoms with E-state index in [0.29, 0.717) is 12.8 Å². The second kappa shape index (κ2) is 3.35. The molecule has 1 saturated carbocycles. The molecule has 1 rings (SSSR count). The third-order valence-electron chi connectivity index (χ3n) is 1.43. The summed E-state index contributed by atoms with van der Waals surface area (Å²) in [5.74, 6) is -2.35. The van der Waals surface area contributed by atoms with E-state index in [0.717, 1.165) is 0 Å². The zero-order chi connectivity index (χ0) is 6.04. The molecule has 0 aromatic carbocycles. The summed E-state index contributed by atoms with van der Waals surface area (Å²) in [6.07, 6.45) is 3.23. The van der Waals surface area contributed by atoms with E-state index in [-0.39, 0.29) is 25.2 Å². The summed E-state index contributed by atoms with van der Waals surface area (Å²) >= 11 is 0. The zero-order valence-corrected chi connectivity index (χ0v) is 5.89. The van der Waals surface area contributed by atoms with Crippen molar-refractivity contribution in [3.63, 3.8) is 0 Å². The molecule has 0 aromatic rings. The molecular formula is C6H10ClF2. The number of alkyl halides is 2. The van der Waals surface area contributed by atoms with Gasteiger partial charge in [-0.15, -0.1) is 12.4 Å². The lowest BCUT2D eigenvalue weighted by atomic mass is 9.97. The van der Waals surface area contributed by atoms with Crippen LogP contribution in [0.3, 0.4) is 0 Å². The minimum atomic E-state index is -2.35. The van der Waals surface area contributed by atoms with Gasteiger partial charge in [0.1, 0.15) is 0 Å². The maximum atomic E-state index is 12.2. The Balaban J connectivity index is 0.000000640. The number of halogens is 3. The van der Waals surface area contributed by atoms with Crippen molar-refractivity contribution in [3.8, 4) is 0 Å². The summed E-state index contributed by atoms with van der Waals surface area (Å²) < 4.78 is 24.4. The second-order valence-electron chi connectivity index (χ2n) is 2.22. The molecule has 0 unspecified atom stereocenters. The Morgan fingerprint density at radius 3 is 1.78 bits per heavy atom. The van der Waals surface area contributed by atoms with Crippen LogP contribution in [-0.4, -0.2) is 5.92 Å². The molecule has 1 aliphatic carbocycles. The van der Waals surface area contributed by atoms with E-state index in [2.05, 4.69) is 0 Å². The van der Waals surface area contributed by atoms with Gasteiger partial charge in [-0.25, -0.2) is 8.78 Å². The Labute approximate surface area is 60.0 Å². The molecule has 0 aromatic heterocycles. The fraction of sp³-hybridized carbons (Fsp3) is 0.833. The van der Waals surface area contributed by atoms with Gasteiger partial charge >= 0.3 is 0 Å². The van der Waals surface area contributed by atoms with Crippen LogP contribution in [0.4, 0.5) is 8.78 Å². The van der Waals surface area contributed by atoms with Crippen molar-refractivity contribution in [2.45, 2.75) is 31.6 Å². The van der Waals surface area contributed by atoms with E-state index in [1.165, 1.54) is 0 Å². The molecule has 1 aliphatic rings. The van der Waals surface area contributed by atoms with Gasteiger partial charge in [0.15, 0.2) is 0 Å². The van der Waals surface area contributed by atoms with Crippen LogP contribution in [0.2, 0.25) is 0 Å². The average molecular weight is 156 g/mol. The predicted octanol–water partition coefficient (Wildman–Crippen LogP) is 2.82. The van der Waals surface area contributed by atoms with Crippen molar-refractivity contribution in [2.75, 3.05) is 0 Å². The summed E-state index contributed by atoms with van der Waals surface area (Å²) in [4.78, 5) is 0. The Hall–Kier alpha value is 0.150. The lowest BCUT2D eigenvalue weighted by Gasteiger charge is -2.19. The summed E-state index contributed by atoms with van der Waals surface area (Å²) in [7, 11) is 0. The van der Waals surface area contributed by atoms with Crippen LogP contribution >= 0.6 is 12.4 Å². The minimum Gasteiger partial charge on any atom is -0.207 e. The average Bonchev–Trinajstić information content (AvgIpc) is 1.65. The molecule has 0 nitrogen and oxygen atoms in total. The fourth-order valence-corrected chi connectivity index (χ4v) is 0.896. The van der Waals surface area contributed by atoms with Gasteiger partial charge < -0.3 is 0 Å². The molecule has 0 saturated heterocycles. The minimum absolute atomic E-state index is 0. The first-order valence-corrected chi connectivity index (χ1v) is 2.90. The van der Waals surface area contributed by atoms with E-state index < -0.39 is 5.92 Å². The van der Waals surface area contributed by atoms with E-state index in [9.17, 15) is 8.78 Å². The van der Waals surface area contributed by atoms with Gasteiger partial charge in [-0.3, -0.25) is 0 Å². The molecule has 0 aliphatic heterocycles. The fourth-order valence-electron chi connectivity index (χ4n) is 0.896. The van der Waals surface area contributed by atoms with Crippen molar-refractivity contribution in [1.82, 2.24) is 0 Å². The van der Waals surface area contributed by atoms with Gasteiger partial charge in [0.25, 0.3) is 0 Å². The van der Waals surface area contributed by atoms with E-state index in [1.807, 2.05) is 6.42 Å². The zero-order valence-electron chi connectivity index (χ0n) is 5.07. The topological polar surface area (TPSA) is 0 Å². The lowest BCUT2D eigenvalue weighted by Crippen LogP contribution is -2.19. The molecule has 0 N–H and O–H groups in total. The monoisotopic (exact) mass is 155 g/mol. The third-order valence-corrected chi connectivity index (χ3v) is 1.43. The molecule has 1 radical (unpaired) electrons. The molecule has 0 spiro atoms. The molecule has 9 heavy (non-hydrogen) atoms. The molecule has 0 atom stereocenters. The highest BCUT2D eigenvalue weighted by molar-refractivity contribution is 5.85. The molecule has 55 valence electrons. The SMILES string of the molecule is Cl.FC1(F)CC[CH]CC1. The molecule has 3 heteroatoms. The summed E-state index contributed by atoms with van der Waals surface area (Å²) in [5, 5.41) is 0. The molecule has 0 amide bonds. The standard InChI is InChI=1S/C6H9F2.ClH/c7-6(8)4-2-1-3-5-6;/h1H,2-5H2;1H. The Kier molecular flexibility index (Phi) is 3.41. The van der Waals surface area contributed by atoms with E-state index in [1.54, 1.807) is 0 Å². The van der Waals surface area contributed by atoms with Crippen molar-refractivity contribution in [2.24, 2.45) is 0 Å². The van der Waals surface area contributed by atoms with E-state index in [4.69, 9.17) is 0 Å². The van der Waals surface area contributed by atoms with Gasteiger partial charge in [0, 0.05) is 12.8 Å². The van der Waals surface area contributed by atoms with Gasteiger partial charge in [-0.1, -0.05) is 0 Å². The van der Waals surface area contributed by atoms with Crippen LogP contribution in [0.15, 0.2) is 0 Å². The summed E-state index contributed by atoms with van der Waals surface area (Å²) in [6, 6.07) is 0. The highest BCUT2D eigenvalue weighted by atomic mass is 35.5. The highest BCUT2D eigenvalue weighted by Crippen LogP contribution is 2.31. The van der Waals surface area contributed by atoms with E-state index >= 15 is 0 Å². The van der Waals surface area contributed by atoms with Gasteiger partial charge in [-0.05, 0) is 19.3 Å². The van der Waals surface area contributed by atoms with Crippen LogP contribution in [0.5, 0.6) is 0 Å². The van der Waals surface area contributed by atoms with Crippen LogP contribution < -0.4 is 0 Å². The number of rotatable bonds is 0. The quantitative estimate of drug-likeness (QED) is 0.505. The first-order chi connectivity index (χ1) is 3.71.